The molecule has 2 nitrogen and oxygen atoms in total. The van der Waals surface area contributed by atoms with Crippen LogP contribution in [0.15, 0.2) is 0 Å². The van der Waals surface area contributed by atoms with Crippen LogP contribution in [-0.2, 0) is 72.3 Å². The van der Waals surface area contributed by atoms with E-state index in [0.717, 1.165) is 0 Å². The second-order valence-electron chi connectivity index (χ2n) is 0. The first-order valence-electron chi connectivity index (χ1n) is 0. The molecule has 0 aliphatic heterocycles. The molecule has 0 aromatic heterocycles. The van der Waals surface area contributed by atoms with E-state index in [1.807, 2.05) is 0 Å². The van der Waals surface area contributed by atoms with Crippen LogP contribution in [0.3, 0.4) is 0 Å². The molecule has 7 heavy (non-hydrogen) atoms. The molecule has 0 amide bonds. The summed E-state index contributed by atoms with van der Waals surface area (Å²) < 4.78 is 0. The summed E-state index contributed by atoms with van der Waals surface area (Å²) in [5.41, 5.74) is 0. The van der Waals surface area contributed by atoms with Gasteiger partial charge in [-0.25, -0.2) is 0 Å². The van der Waals surface area contributed by atoms with Crippen molar-refractivity contribution in [3.8, 4) is 0 Å². The van der Waals surface area contributed by atoms with Crippen molar-refractivity contribution in [2.24, 2.45) is 0 Å². The summed E-state index contributed by atoms with van der Waals surface area (Å²) in [6.45, 7) is 0. The van der Waals surface area contributed by atoms with Gasteiger partial charge in [-0.3, -0.25) is 0 Å². The minimum absolute atomic E-state index is 0. The van der Waals surface area contributed by atoms with Gasteiger partial charge in [-0.15, -0.1) is 0 Å². The van der Waals surface area contributed by atoms with Crippen molar-refractivity contribution in [3.63, 3.8) is 0 Å². The second kappa shape index (κ2) is 64.6. The van der Waals surface area contributed by atoms with Crippen molar-refractivity contribution in [2.45, 2.75) is 0 Å². The molecule has 26 valence electrons. The maximum absolute atomic E-state index is 0. The van der Waals surface area contributed by atoms with Gasteiger partial charge in [0.15, 0.2) is 0 Å². The molecule has 0 N–H and O–H groups in total. The molecule has 0 unspecified atom stereocenters. The van der Waals surface area contributed by atoms with Crippen LogP contribution in [0, 0.1) is 0 Å². The topological polar surface area (TPSA) is 57.0 Å². The summed E-state index contributed by atoms with van der Waals surface area (Å²) in [5.74, 6) is 0. The van der Waals surface area contributed by atoms with Crippen molar-refractivity contribution < 1.29 is 72.3 Å². The van der Waals surface area contributed by atoms with Gasteiger partial charge in [0.25, 0.3) is 0 Å². The maximum Gasteiger partial charge on any atom is 3.00 e. The van der Waals surface area contributed by atoms with E-state index in [2.05, 4.69) is 0 Å². The third-order valence-electron chi connectivity index (χ3n) is 0. The first-order chi connectivity index (χ1) is 0. The monoisotopic (exact) mass is 321 g/mol. The van der Waals surface area contributed by atoms with E-state index < -0.39 is 0 Å². The molecule has 0 aliphatic rings. The molecule has 0 saturated heterocycles. The predicted molar refractivity (Wildman–Crippen MR) is 12.9 cm³/mol. The Bertz CT molecular complexity index is 13.7. The first-order valence-corrected chi connectivity index (χ1v) is 0. The van der Waals surface area contributed by atoms with Crippen molar-refractivity contribution >= 4 is 34.7 Å². The van der Waals surface area contributed by atoms with E-state index in [9.17, 15) is 0 Å². The van der Waals surface area contributed by atoms with Gasteiger partial charge >= 0.3 is 96.1 Å². The zero-order chi connectivity index (χ0) is 0. The van der Waals surface area contributed by atoms with Crippen LogP contribution in [0.25, 0.3) is 0 Å². The zero-order valence-electron chi connectivity index (χ0n) is 3.69. The Morgan fingerprint density at radius 2 is 0.571 bits per heavy atom. The van der Waals surface area contributed by atoms with Gasteiger partial charge in [0, 0.05) is 0 Å². The summed E-state index contributed by atoms with van der Waals surface area (Å²) in [4.78, 5) is 0. The molecular formula is AgAl2O2Zn2+7. The molecule has 0 saturated carbocycles. The Morgan fingerprint density at radius 3 is 0.571 bits per heavy atom. The smallest absolute Gasteiger partial charge is 2.00 e. The van der Waals surface area contributed by atoms with E-state index in [-0.39, 0.29) is 107 Å². The summed E-state index contributed by atoms with van der Waals surface area (Å²) in [7, 11) is 0. The predicted octanol–water partition coefficient (Wildman–Crippen LogP) is -1.01. The van der Waals surface area contributed by atoms with Gasteiger partial charge in [-0.2, -0.15) is 0 Å². The number of hydrogen-bond donors (Lipinski definition) is 0. The minimum Gasteiger partial charge on any atom is -2.00 e. The molecule has 0 radical (unpaired) electrons. The van der Waals surface area contributed by atoms with E-state index >= 15 is 0 Å². The van der Waals surface area contributed by atoms with E-state index in [4.69, 9.17) is 0 Å². The summed E-state index contributed by atoms with van der Waals surface area (Å²) in [6.07, 6.45) is 0. The summed E-state index contributed by atoms with van der Waals surface area (Å²) in [5, 5.41) is 0. The minimum atomic E-state index is 0. The molecular weight excluding hydrogens is 325 g/mol. The van der Waals surface area contributed by atoms with Gasteiger partial charge in [-0.1, -0.05) is 0 Å². The SMILES string of the molecule is [Ag+].[Al+3].[Al+3].[O-2].[O-2].[Zn+2].[Zn+2]. The number of hydrogen-bond acceptors (Lipinski definition) is 0. The Balaban J connectivity index is 0. The van der Waals surface area contributed by atoms with E-state index in [1.165, 1.54) is 0 Å². The largest absolute Gasteiger partial charge is 3.00 e. The molecule has 0 aliphatic carbocycles. The van der Waals surface area contributed by atoms with Crippen LogP contribution in [0.1, 0.15) is 0 Å². The molecule has 0 heterocycles. The standard InChI is InChI=1S/Ag.2Al.2O.2Zn/q+1;2*+3;2*-2;2*+2. The second-order valence-corrected chi connectivity index (χ2v) is 0. The molecule has 0 aromatic carbocycles. The fraction of sp³-hybridized carbons (Fsp3) is 0. The van der Waals surface area contributed by atoms with E-state index in [0.29, 0.717) is 0 Å². The van der Waals surface area contributed by atoms with Crippen molar-refractivity contribution in [3.05, 3.63) is 0 Å². The van der Waals surface area contributed by atoms with Crippen molar-refractivity contribution in [1.82, 2.24) is 0 Å². The van der Waals surface area contributed by atoms with Crippen molar-refractivity contribution in [2.75, 3.05) is 0 Å². The molecule has 0 fully saturated rings. The number of rotatable bonds is 0. The molecule has 0 atom stereocenters. The quantitative estimate of drug-likeness (QED) is 0.513. The normalized spacial score (nSPS) is 0. The Kier molecular flexibility index (Phi) is 838. The Hall–Kier alpha value is 2.97. The van der Waals surface area contributed by atoms with Crippen LogP contribution < -0.4 is 0 Å². The van der Waals surface area contributed by atoms with E-state index in [1.54, 1.807) is 0 Å². The summed E-state index contributed by atoms with van der Waals surface area (Å²) >= 11 is 0. The van der Waals surface area contributed by atoms with Gasteiger partial charge < -0.3 is 11.0 Å². The molecule has 7 heteroatoms. The van der Waals surface area contributed by atoms with Gasteiger partial charge in [-0.05, 0) is 0 Å². The average Bonchev–Trinajstić information content (AvgIpc) is 0. The van der Waals surface area contributed by atoms with Gasteiger partial charge in [0.1, 0.15) is 0 Å². The zero-order valence-corrected chi connectivity index (χ0v) is 13.4. The first kappa shape index (κ1) is 90.9. The molecule has 0 rings (SSSR count). The molecule has 0 bridgehead atoms. The van der Waals surface area contributed by atoms with Crippen LogP contribution in [0.5, 0.6) is 0 Å². The third kappa shape index (κ3) is 49.4. The summed E-state index contributed by atoms with van der Waals surface area (Å²) in [6, 6.07) is 0. The molecule has 0 spiro atoms. The fourth-order valence-electron chi connectivity index (χ4n) is 0. The van der Waals surface area contributed by atoms with Crippen LogP contribution in [-0.4, -0.2) is 34.7 Å². The van der Waals surface area contributed by atoms with Crippen molar-refractivity contribution in [1.29, 1.82) is 0 Å². The maximum atomic E-state index is 0. The van der Waals surface area contributed by atoms with Gasteiger partial charge in [0.05, 0.1) is 0 Å². The van der Waals surface area contributed by atoms with Gasteiger partial charge in [0.2, 0.25) is 0 Å². The molecule has 0 aromatic rings. The average molecular weight is 325 g/mol. The third-order valence-corrected chi connectivity index (χ3v) is 0. The van der Waals surface area contributed by atoms with Crippen LogP contribution >= 0.6 is 0 Å². The van der Waals surface area contributed by atoms with Crippen LogP contribution in [0.4, 0.5) is 0 Å². The Morgan fingerprint density at radius 1 is 0.571 bits per heavy atom. The Labute approximate surface area is 105 Å². The van der Waals surface area contributed by atoms with Crippen LogP contribution in [0.2, 0.25) is 0 Å². The fourth-order valence-corrected chi connectivity index (χ4v) is 0.